The van der Waals surface area contributed by atoms with E-state index in [1.54, 1.807) is 6.07 Å². The number of rotatable bonds is 3. The number of amides is 1. The molecule has 1 heterocycles. The van der Waals surface area contributed by atoms with Gasteiger partial charge in [0.05, 0.1) is 19.8 Å². The van der Waals surface area contributed by atoms with E-state index >= 15 is 0 Å². The molecule has 3 N–H and O–H groups in total. The Morgan fingerprint density at radius 3 is 3.05 bits per heavy atom. The maximum Gasteiger partial charge on any atom is 0.238 e. The molecule has 0 bridgehead atoms. The lowest BCUT2D eigenvalue weighted by molar-refractivity contribution is -0.119. The van der Waals surface area contributed by atoms with Gasteiger partial charge < -0.3 is 15.8 Å². The standard InChI is InChI=1S/C14H21N3O2/c1-10-3-4-12(7-13(10)15)16-14(18)8-17-5-6-19-9-11(17)2/h3-4,7,11H,5-6,8-9,15H2,1-2H3,(H,16,18). The minimum atomic E-state index is -0.0167. The first-order valence-corrected chi connectivity index (χ1v) is 6.54. The van der Waals surface area contributed by atoms with Gasteiger partial charge in [-0.05, 0) is 31.5 Å². The lowest BCUT2D eigenvalue weighted by Crippen LogP contribution is -2.47. The third-order valence-corrected chi connectivity index (χ3v) is 3.41. The molecule has 5 heteroatoms. The molecule has 1 aliphatic rings. The van der Waals surface area contributed by atoms with Gasteiger partial charge in [0.1, 0.15) is 0 Å². The third-order valence-electron chi connectivity index (χ3n) is 3.41. The van der Waals surface area contributed by atoms with Gasteiger partial charge in [-0.3, -0.25) is 9.69 Å². The van der Waals surface area contributed by atoms with Crippen LogP contribution in [0.15, 0.2) is 18.2 Å². The van der Waals surface area contributed by atoms with Crippen LogP contribution in [0.4, 0.5) is 11.4 Å². The van der Waals surface area contributed by atoms with Crippen molar-refractivity contribution in [2.75, 3.05) is 37.4 Å². The number of nitrogens with zero attached hydrogens (tertiary/aromatic N) is 1. The van der Waals surface area contributed by atoms with Gasteiger partial charge in [0, 0.05) is 24.0 Å². The van der Waals surface area contributed by atoms with Crippen LogP contribution in [0.5, 0.6) is 0 Å². The highest BCUT2D eigenvalue weighted by Crippen LogP contribution is 2.17. The van der Waals surface area contributed by atoms with E-state index in [4.69, 9.17) is 10.5 Å². The molecule has 1 atom stereocenters. The maximum atomic E-state index is 12.0. The summed E-state index contributed by atoms with van der Waals surface area (Å²) in [6.45, 7) is 6.56. The summed E-state index contributed by atoms with van der Waals surface area (Å²) in [5.74, 6) is -0.0167. The second kappa shape index (κ2) is 6.04. The predicted molar refractivity (Wildman–Crippen MR) is 76.1 cm³/mol. The fraction of sp³-hybridized carbons (Fsp3) is 0.500. The highest BCUT2D eigenvalue weighted by atomic mass is 16.5. The van der Waals surface area contributed by atoms with Crippen molar-refractivity contribution in [2.45, 2.75) is 19.9 Å². The summed E-state index contributed by atoms with van der Waals surface area (Å²) in [5, 5.41) is 2.88. The molecular formula is C14H21N3O2. The molecule has 0 saturated carbocycles. The molecule has 0 spiro atoms. The summed E-state index contributed by atoms with van der Waals surface area (Å²) < 4.78 is 5.35. The van der Waals surface area contributed by atoms with E-state index in [2.05, 4.69) is 17.1 Å². The molecule has 104 valence electrons. The molecule has 2 rings (SSSR count). The Morgan fingerprint density at radius 2 is 2.37 bits per heavy atom. The maximum absolute atomic E-state index is 12.0. The topological polar surface area (TPSA) is 67.6 Å². The fourth-order valence-electron chi connectivity index (χ4n) is 2.10. The average molecular weight is 263 g/mol. The third kappa shape index (κ3) is 3.68. The van der Waals surface area contributed by atoms with Crippen LogP contribution in [0.2, 0.25) is 0 Å². The molecule has 0 radical (unpaired) electrons. The van der Waals surface area contributed by atoms with Gasteiger partial charge in [-0.1, -0.05) is 6.07 Å². The zero-order chi connectivity index (χ0) is 13.8. The van der Waals surface area contributed by atoms with Gasteiger partial charge in [0.2, 0.25) is 5.91 Å². The van der Waals surface area contributed by atoms with E-state index in [1.807, 2.05) is 19.1 Å². The van der Waals surface area contributed by atoms with E-state index in [0.29, 0.717) is 25.4 Å². The number of nitrogens with two attached hydrogens (primary N) is 1. The van der Waals surface area contributed by atoms with Crippen LogP contribution >= 0.6 is 0 Å². The molecule has 1 fully saturated rings. The quantitative estimate of drug-likeness (QED) is 0.805. The van der Waals surface area contributed by atoms with E-state index in [-0.39, 0.29) is 11.9 Å². The number of anilines is 2. The van der Waals surface area contributed by atoms with Crippen molar-refractivity contribution in [1.29, 1.82) is 0 Å². The number of benzene rings is 1. The van der Waals surface area contributed by atoms with Crippen molar-refractivity contribution in [1.82, 2.24) is 4.90 Å². The Balaban J connectivity index is 1.91. The highest BCUT2D eigenvalue weighted by molar-refractivity contribution is 5.92. The summed E-state index contributed by atoms with van der Waals surface area (Å²) in [6, 6.07) is 5.84. The first kappa shape index (κ1) is 13.8. The highest BCUT2D eigenvalue weighted by Gasteiger charge is 2.20. The second-order valence-electron chi connectivity index (χ2n) is 5.01. The molecule has 1 amide bonds. The normalized spacial score (nSPS) is 20.2. The number of carbonyl (C=O) groups is 1. The Hall–Kier alpha value is -1.59. The summed E-state index contributed by atoms with van der Waals surface area (Å²) >= 11 is 0. The first-order chi connectivity index (χ1) is 9.06. The largest absolute Gasteiger partial charge is 0.398 e. The van der Waals surface area contributed by atoms with Crippen LogP contribution in [0, 0.1) is 6.92 Å². The molecule has 5 nitrogen and oxygen atoms in total. The Morgan fingerprint density at radius 1 is 1.58 bits per heavy atom. The molecule has 1 aliphatic heterocycles. The van der Waals surface area contributed by atoms with Crippen molar-refractivity contribution >= 4 is 17.3 Å². The van der Waals surface area contributed by atoms with Crippen molar-refractivity contribution in [3.63, 3.8) is 0 Å². The van der Waals surface area contributed by atoms with Gasteiger partial charge in [-0.25, -0.2) is 0 Å². The molecule has 1 saturated heterocycles. The minimum Gasteiger partial charge on any atom is -0.398 e. The number of aryl methyl sites for hydroxylation is 1. The molecule has 1 aromatic rings. The van der Waals surface area contributed by atoms with Crippen molar-refractivity contribution in [3.05, 3.63) is 23.8 Å². The zero-order valence-electron chi connectivity index (χ0n) is 11.5. The van der Waals surface area contributed by atoms with Gasteiger partial charge in [0.25, 0.3) is 0 Å². The van der Waals surface area contributed by atoms with Gasteiger partial charge in [-0.15, -0.1) is 0 Å². The predicted octanol–water partition coefficient (Wildman–Crippen LogP) is 1.24. The summed E-state index contributed by atoms with van der Waals surface area (Å²) in [7, 11) is 0. The van der Waals surface area contributed by atoms with E-state index < -0.39 is 0 Å². The number of nitrogens with one attached hydrogen (secondary N) is 1. The molecular weight excluding hydrogens is 242 g/mol. The van der Waals surface area contributed by atoms with Crippen molar-refractivity contribution < 1.29 is 9.53 Å². The molecule has 0 aliphatic carbocycles. The van der Waals surface area contributed by atoms with Crippen LogP contribution < -0.4 is 11.1 Å². The van der Waals surface area contributed by atoms with Crippen molar-refractivity contribution in [2.24, 2.45) is 0 Å². The van der Waals surface area contributed by atoms with Crippen molar-refractivity contribution in [3.8, 4) is 0 Å². The van der Waals surface area contributed by atoms with Gasteiger partial charge >= 0.3 is 0 Å². The first-order valence-electron chi connectivity index (χ1n) is 6.54. The van der Waals surface area contributed by atoms with Gasteiger partial charge in [-0.2, -0.15) is 0 Å². The average Bonchev–Trinajstić information content (AvgIpc) is 2.37. The summed E-state index contributed by atoms with van der Waals surface area (Å²) in [4.78, 5) is 14.1. The number of hydrogen-bond acceptors (Lipinski definition) is 4. The van der Waals surface area contributed by atoms with Crippen LogP contribution in [0.25, 0.3) is 0 Å². The Bertz CT molecular complexity index is 462. The van der Waals surface area contributed by atoms with Crippen LogP contribution in [-0.2, 0) is 9.53 Å². The second-order valence-corrected chi connectivity index (χ2v) is 5.01. The molecule has 1 aromatic carbocycles. The number of morpholine rings is 1. The van der Waals surface area contributed by atoms with Crippen LogP contribution in [-0.4, -0.2) is 43.2 Å². The number of ether oxygens (including phenoxy) is 1. The number of carbonyl (C=O) groups excluding carboxylic acids is 1. The summed E-state index contributed by atoms with van der Waals surface area (Å²) in [6.07, 6.45) is 0. The molecule has 1 unspecified atom stereocenters. The number of hydrogen-bond donors (Lipinski definition) is 2. The number of nitrogen functional groups attached to an aromatic ring is 1. The monoisotopic (exact) mass is 263 g/mol. The Kier molecular flexibility index (Phi) is 4.39. The lowest BCUT2D eigenvalue weighted by Gasteiger charge is -2.32. The minimum absolute atomic E-state index is 0.0167. The van der Waals surface area contributed by atoms with E-state index in [0.717, 1.165) is 17.8 Å². The fourth-order valence-corrected chi connectivity index (χ4v) is 2.10. The van der Waals surface area contributed by atoms with Gasteiger partial charge in [0.15, 0.2) is 0 Å². The molecule has 0 aromatic heterocycles. The Labute approximate surface area is 113 Å². The molecule has 19 heavy (non-hydrogen) atoms. The lowest BCUT2D eigenvalue weighted by atomic mass is 10.2. The smallest absolute Gasteiger partial charge is 0.238 e. The summed E-state index contributed by atoms with van der Waals surface area (Å²) in [5.41, 5.74) is 8.27. The van der Waals surface area contributed by atoms with Crippen LogP contribution in [0.3, 0.4) is 0 Å². The van der Waals surface area contributed by atoms with Crippen LogP contribution in [0.1, 0.15) is 12.5 Å². The van der Waals surface area contributed by atoms with E-state index in [1.165, 1.54) is 0 Å². The van der Waals surface area contributed by atoms with E-state index in [9.17, 15) is 4.79 Å². The SMILES string of the molecule is Cc1ccc(NC(=O)CN2CCOCC2C)cc1N. The zero-order valence-corrected chi connectivity index (χ0v) is 11.5.